The zero-order valence-corrected chi connectivity index (χ0v) is 17.5. The lowest BCUT2D eigenvalue weighted by Gasteiger charge is -2.07. The lowest BCUT2D eigenvalue weighted by molar-refractivity contribution is 0.101. The van der Waals surface area contributed by atoms with Gasteiger partial charge in [0.2, 0.25) is 5.78 Å². The minimum absolute atomic E-state index is 0.104. The van der Waals surface area contributed by atoms with E-state index in [9.17, 15) is 4.79 Å². The summed E-state index contributed by atoms with van der Waals surface area (Å²) >= 11 is 3.44. The van der Waals surface area contributed by atoms with Crippen LogP contribution in [0.3, 0.4) is 0 Å². The Labute approximate surface area is 178 Å². The zero-order chi connectivity index (χ0) is 20.2. The molecule has 0 aliphatic carbocycles. The highest BCUT2D eigenvalue weighted by atomic mass is 79.9. The number of ether oxygens (including phenoxy) is 2. The van der Waals surface area contributed by atoms with Crippen LogP contribution in [0.4, 0.5) is 0 Å². The molecule has 4 heteroatoms. The number of ketones is 1. The van der Waals surface area contributed by atoms with Crippen molar-refractivity contribution in [2.45, 2.75) is 6.92 Å². The molecule has 1 heterocycles. The fourth-order valence-corrected chi connectivity index (χ4v) is 3.62. The number of hydrogen-bond acceptors (Lipinski definition) is 3. The first kappa shape index (κ1) is 19.2. The Kier molecular flexibility index (Phi) is 5.63. The van der Waals surface area contributed by atoms with E-state index in [-0.39, 0.29) is 5.78 Å². The minimum atomic E-state index is -0.104. The molecular formula is C25H19BrO3. The van der Waals surface area contributed by atoms with Crippen LogP contribution in [0.1, 0.15) is 27.0 Å². The maximum absolute atomic E-state index is 12.8. The molecule has 0 saturated carbocycles. The molecule has 4 rings (SSSR count). The Morgan fingerprint density at radius 2 is 1.79 bits per heavy atom. The predicted octanol–water partition coefficient (Wildman–Crippen LogP) is 6.47. The van der Waals surface area contributed by atoms with Gasteiger partial charge in [-0.2, -0.15) is 0 Å². The molecule has 29 heavy (non-hydrogen) atoms. The monoisotopic (exact) mass is 446 g/mol. The van der Waals surface area contributed by atoms with E-state index in [0.717, 1.165) is 21.2 Å². The Balaban J connectivity index is 1.49. The van der Waals surface area contributed by atoms with E-state index in [1.54, 1.807) is 12.1 Å². The molecule has 3 nitrogen and oxygen atoms in total. The van der Waals surface area contributed by atoms with Crippen molar-refractivity contribution < 1.29 is 14.3 Å². The van der Waals surface area contributed by atoms with Crippen molar-refractivity contribution in [2.75, 3.05) is 6.61 Å². The van der Waals surface area contributed by atoms with Crippen LogP contribution in [0, 0.1) is 6.92 Å². The fourth-order valence-electron chi connectivity index (χ4n) is 3.20. The van der Waals surface area contributed by atoms with Gasteiger partial charge < -0.3 is 9.47 Å². The minimum Gasteiger partial charge on any atom is -0.489 e. The first-order valence-electron chi connectivity index (χ1n) is 9.29. The van der Waals surface area contributed by atoms with Crippen LogP contribution < -0.4 is 9.47 Å². The van der Waals surface area contributed by atoms with Crippen molar-refractivity contribution >= 4 is 33.9 Å². The third-order valence-corrected chi connectivity index (χ3v) is 5.04. The van der Waals surface area contributed by atoms with Crippen molar-refractivity contribution in [3.05, 3.63) is 105 Å². The quantitative estimate of drug-likeness (QED) is 0.421. The lowest BCUT2D eigenvalue weighted by Crippen LogP contribution is -2.00. The standard InChI is InChI=1S/C25H19BrO3/c1-17-13-21(28-12-6-10-18-7-3-2-4-8-18)16-22-24(17)25(27)23(29-22)15-19-9-5-11-20(26)14-19/h2-11,13-16H,12H2,1H3/b10-6+,23-15-. The Morgan fingerprint density at radius 1 is 1.00 bits per heavy atom. The second-order valence-electron chi connectivity index (χ2n) is 6.73. The number of rotatable bonds is 5. The largest absolute Gasteiger partial charge is 0.489 e. The highest BCUT2D eigenvalue weighted by Crippen LogP contribution is 2.37. The smallest absolute Gasteiger partial charge is 0.232 e. The molecule has 0 saturated heterocycles. The molecule has 0 N–H and O–H groups in total. The second-order valence-corrected chi connectivity index (χ2v) is 7.65. The maximum atomic E-state index is 12.8. The van der Waals surface area contributed by atoms with Crippen molar-refractivity contribution in [2.24, 2.45) is 0 Å². The van der Waals surface area contributed by atoms with Crippen molar-refractivity contribution in [1.82, 2.24) is 0 Å². The molecule has 0 atom stereocenters. The zero-order valence-electron chi connectivity index (χ0n) is 15.9. The molecule has 0 unspecified atom stereocenters. The molecule has 0 amide bonds. The van der Waals surface area contributed by atoms with Crippen LogP contribution in [0.5, 0.6) is 11.5 Å². The molecule has 0 aromatic heterocycles. The van der Waals surface area contributed by atoms with E-state index in [2.05, 4.69) is 15.9 Å². The molecule has 1 aliphatic heterocycles. The summed E-state index contributed by atoms with van der Waals surface area (Å²) in [4.78, 5) is 12.8. The summed E-state index contributed by atoms with van der Waals surface area (Å²) in [5, 5.41) is 0. The average molecular weight is 447 g/mol. The summed E-state index contributed by atoms with van der Waals surface area (Å²) < 4.78 is 12.6. The summed E-state index contributed by atoms with van der Waals surface area (Å²) in [6.07, 6.45) is 5.73. The number of aryl methyl sites for hydroxylation is 1. The van der Waals surface area contributed by atoms with Gasteiger partial charge in [0, 0.05) is 10.5 Å². The number of Topliss-reactive ketones (excluding diaryl/α,β-unsaturated/α-hetero) is 1. The van der Waals surface area contributed by atoms with Gasteiger partial charge in [0.1, 0.15) is 18.1 Å². The predicted molar refractivity (Wildman–Crippen MR) is 119 cm³/mol. The van der Waals surface area contributed by atoms with E-state index in [0.29, 0.717) is 29.4 Å². The number of fused-ring (bicyclic) bond motifs is 1. The molecule has 3 aromatic rings. The Morgan fingerprint density at radius 3 is 2.59 bits per heavy atom. The Hall–Kier alpha value is -3.11. The molecule has 0 bridgehead atoms. The SMILES string of the molecule is Cc1cc(OC/C=C/c2ccccc2)cc2c1C(=O)/C(=C/c1cccc(Br)c1)O2. The summed E-state index contributed by atoms with van der Waals surface area (Å²) in [6, 6.07) is 21.4. The number of hydrogen-bond donors (Lipinski definition) is 0. The number of halogens is 1. The molecular weight excluding hydrogens is 428 g/mol. The summed E-state index contributed by atoms with van der Waals surface area (Å²) in [5.74, 6) is 1.43. The van der Waals surface area contributed by atoms with E-state index >= 15 is 0 Å². The van der Waals surface area contributed by atoms with Gasteiger partial charge in [-0.25, -0.2) is 0 Å². The van der Waals surface area contributed by atoms with E-state index in [1.807, 2.05) is 79.7 Å². The van der Waals surface area contributed by atoms with Gasteiger partial charge in [-0.1, -0.05) is 64.5 Å². The molecule has 144 valence electrons. The van der Waals surface area contributed by atoms with Crippen molar-refractivity contribution in [1.29, 1.82) is 0 Å². The molecule has 0 spiro atoms. The van der Waals surface area contributed by atoms with Gasteiger partial charge in [-0.3, -0.25) is 4.79 Å². The number of allylic oxidation sites excluding steroid dienone is 1. The van der Waals surface area contributed by atoms with E-state index in [1.165, 1.54) is 0 Å². The Bertz CT molecular complexity index is 1110. The first-order chi connectivity index (χ1) is 14.1. The number of carbonyl (C=O) groups is 1. The van der Waals surface area contributed by atoms with E-state index < -0.39 is 0 Å². The van der Waals surface area contributed by atoms with Crippen LogP contribution in [0.2, 0.25) is 0 Å². The number of carbonyl (C=O) groups excluding carboxylic acids is 1. The van der Waals surface area contributed by atoms with Crippen LogP contribution in [-0.2, 0) is 0 Å². The van der Waals surface area contributed by atoms with Crippen LogP contribution in [-0.4, -0.2) is 12.4 Å². The van der Waals surface area contributed by atoms with Gasteiger partial charge in [0.25, 0.3) is 0 Å². The highest BCUT2D eigenvalue weighted by Gasteiger charge is 2.29. The van der Waals surface area contributed by atoms with Crippen molar-refractivity contribution in [3.8, 4) is 11.5 Å². The van der Waals surface area contributed by atoms with Crippen LogP contribution >= 0.6 is 15.9 Å². The van der Waals surface area contributed by atoms with Gasteiger partial charge in [-0.05, 0) is 54.0 Å². The highest BCUT2D eigenvalue weighted by molar-refractivity contribution is 9.10. The fraction of sp³-hybridized carbons (Fsp3) is 0.0800. The molecule has 1 aliphatic rings. The summed E-state index contributed by atoms with van der Waals surface area (Å²) in [7, 11) is 0. The van der Waals surface area contributed by atoms with Gasteiger partial charge in [-0.15, -0.1) is 0 Å². The third kappa shape index (κ3) is 4.49. The van der Waals surface area contributed by atoms with Crippen LogP contribution in [0.25, 0.3) is 12.2 Å². The topological polar surface area (TPSA) is 35.5 Å². The normalized spacial score (nSPS) is 14.3. The lowest BCUT2D eigenvalue weighted by atomic mass is 10.0. The van der Waals surface area contributed by atoms with Crippen LogP contribution in [0.15, 0.2) is 83.0 Å². The second kappa shape index (κ2) is 8.50. The summed E-state index contributed by atoms with van der Waals surface area (Å²) in [6.45, 7) is 2.33. The van der Waals surface area contributed by atoms with Gasteiger partial charge in [0.15, 0.2) is 5.76 Å². The molecule has 3 aromatic carbocycles. The average Bonchev–Trinajstić information content (AvgIpc) is 3.02. The number of benzene rings is 3. The maximum Gasteiger partial charge on any atom is 0.232 e. The van der Waals surface area contributed by atoms with Crippen molar-refractivity contribution in [3.63, 3.8) is 0 Å². The van der Waals surface area contributed by atoms with Gasteiger partial charge in [0.05, 0.1) is 5.56 Å². The molecule has 0 radical (unpaired) electrons. The van der Waals surface area contributed by atoms with E-state index in [4.69, 9.17) is 9.47 Å². The first-order valence-corrected chi connectivity index (χ1v) is 10.1. The summed E-state index contributed by atoms with van der Waals surface area (Å²) in [5.41, 5.74) is 3.46. The third-order valence-electron chi connectivity index (χ3n) is 4.55. The van der Waals surface area contributed by atoms with Gasteiger partial charge >= 0.3 is 0 Å². The molecule has 0 fully saturated rings.